The molecule has 3 rings (SSSR count). The first-order valence-electron chi connectivity index (χ1n) is 5.48. The number of hydrogen-bond donors (Lipinski definition) is 0. The van der Waals surface area contributed by atoms with Crippen LogP contribution in [0.15, 0.2) is 23.4 Å². The van der Waals surface area contributed by atoms with Gasteiger partial charge >= 0.3 is 0 Å². The van der Waals surface area contributed by atoms with Gasteiger partial charge in [-0.05, 0) is 30.1 Å². The first kappa shape index (κ1) is 8.04. The smallest absolute Gasteiger partial charge is 0.0724 e. The predicted molar refractivity (Wildman–Crippen MR) is 59.1 cm³/mol. The fraction of sp³-hybridized carbons (Fsp3) is 0.667. The van der Waals surface area contributed by atoms with Crippen molar-refractivity contribution in [3.05, 3.63) is 23.4 Å². The Morgan fingerprint density at radius 2 is 1.85 bits per heavy atom. The molecule has 0 N–H and O–H groups in total. The van der Waals surface area contributed by atoms with Crippen LogP contribution in [-0.4, -0.2) is 8.07 Å². The fourth-order valence-corrected chi connectivity index (χ4v) is 5.57. The Morgan fingerprint density at radius 1 is 1.15 bits per heavy atom. The van der Waals surface area contributed by atoms with Gasteiger partial charge in [0, 0.05) is 0 Å². The monoisotopic (exact) mass is 190 g/mol. The van der Waals surface area contributed by atoms with Crippen LogP contribution in [0.2, 0.25) is 19.6 Å². The number of rotatable bonds is 1. The molecule has 0 aromatic rings. The van der Waals surface area contributed by atoms with Gasteiger partial charge in [0.1, 0.15) is 0 Å². The maximum Gasteiger partial charge on any atom is 0.0724 e. The van der Waals surface area contributed by atoms with E-state index in [4.69, 9.17) is 0 Å². The number of fused-ring (bicyclic) bond motifs is 5. The molecule has 0 nitrogen and oxygen atoms in total. The molecule has 0 aromatic heterocycles. The third-order valence-electron chi connectivity index (χ3n) is 4.12. The molecule has 0 amide bonds. The molecule has 3 aliphatic carbocycles. The summed E-state index contributed by atoms with van der Waals surface area (Å²) in [5.41, 5.74) is 0. The Hall–Kier alpha value is -0.303. The molecular weight excluding hydrogens is 172 g/mol. The molecule has 0 radical (unpaired) electrons. The first-order chi connectivity index (χ1) is 6.07. The molecule has 0 aromatic carbocycles. The van der Waals surface area contributed by atoms with Gasteiger partial charge in [-0.25, -0.2) is 0 Å². The van der Waals surface area contributed by atoms with Crippen molar-refractivity contribution in [2.75, 3.05) is 0 Å². The molecule has 0 saturated heterocycles. The zero-order chi connectivity index (χ0) is 9.22. The second-order valence-corrected chi connectivity index (χ2v) is 11.0. The summed E-state index contributed by atoms with van der Waals surface area (Å²) in [7, 11) is -0.970. The quantitative estimate of drug-likeness (QED) is 0.440. The number of allylic oxidation sites excluding steroid dienone is 4. The van der Waals surface area contributed by atoms with Crippen LogP contribution >= 0.6 is 0 Å². The van der Waals surface area contributed by atoms with Crippen molar-refractivity contribution in [3.8, 4) is 0 Å². The molecule has 13 heavy (non-hydrogen) atoms. The molecular formula is C12H18Si. The lowest BCUT2D eigenvalue weighted by molar-refractivity contribution is 0.386. The van der Waals surface area contributed by atoms with Crippen LogP contribution in [0.25, 0.3) is 0 Å². The van der Waals surface area contributed by atoms with E-state index in [2.05, 4.69) is 37.9 Å². The Bertz CT molecular complexity index is 306. The van der Waals surface area contributed by atoms with E-state index in [9.17, 15) is 0 Å². The number of hydrogen-bond acceptors (Lipinski definition) is 0. The molecule has 2 bridgehead atoms. The average molecular weight is 190 g/mol. The van der Waals surface area contributed by atoms with Crippen molar-refractivity contribution in [2.45, 2.75) is 26.1 Å². The first-order valence-corrected chi connectivity index (χ1v) is 8.98. The Balaban J connectivity index is 1.92. The van der Waals surface area contributed by atoms with Gasteiger partial charge in [-0.15, -0.1) is 0 Å². The van der Waals surface area contributed by atoms with Crippen LogP contribution in [0.1, 0.15) is 6.42 Å². The van der Waals surface area contributed by atoms with Crippen LogP contribution in [0.5, 0.6) is 0 Å². The van der Waals surface area contributed by atoms with E-state index in [0.717, 1.165) is 23.7 Å². The fourth-order valence-electron chi connectivity index (χ4n) is 3.48. The highest BCUT2D eigenvalue weighted by Gasteiger charge is 2.52. The summed E-state index contributed by atoms with van der Waals surface area (Å²) in [5, 5.41) is 1.87. The normalized spacial score (nSPS) is 45.9. The molecule has 0 aliphatic heterocycles. The van der Waals surface area contributed by atoms with Crippen LogP contribution in [0.3, 0.4) is 0 Å². The Kier molecular flexibility index (Phi) is 1.36. The SMILES string of the molecule is C[Si](C)(C)C1=CC2C3C=CC(C3)C12. The van der Waals surface area contributed by atoms with E-state index < -0.39 is 8.07 Å². The van der Waals surface area contributed by atoms with Crippen LogP contribution < -0.4 is 0 Å². The topological polar surface area (TPSA) is 0 Å². The molecule has 1 saturated carbocycles. The second-order valence-electron chi connectivity index (χ2n) is 5.92. The molecule has 0 heterocycles. The molecule has 1 fully saturated rings. The maximum absolute atomic E-state index is 2.62. The van der Waals surface area contributed by atoms with Crippen LogP contribution in [0, 0.1) is 23.7 Å². The van der Waals surface area contributed by atoms with Gasteiger partial charge in [-0.2, -0.15) is 0 Å². The second kappa shape index (κ2) is 2.19. The molecule has 4 atom stereocenters. The van der Waals surface area contributed by atoms with Crippen molar-refractivity contribution in [2.24, 2.45) is 23.7 Å². The highest BCUT2D eigenvalue weighted by atomic mass is 28.3. The van der Waals surface area contributed by atoms with Crippen molar-refractivity contribution in [1.29, 1.82) is 0 Å². The summed E-state index contributed by atoms with van der Waals surface area (Å²) in [5.74, 6) is 3.80. The average Bonchev–Trinajstić information content (AvgIpc) is 2.37. The molecule has 70 valence electrons. The van der Waals surface area contributed by atoms with E-state index in [-0.39, 0.29) is 0 Å². The van der Waals surface area contributed by atoms with Gasteiger partial charge in [0.05, 0.1) is 8.07 Å². The summed E-state index contributed by atoms with van der Waals surface area (Å²) >= 11 is 0. The Morgan fingerprint density at radius 3 is 2.46 bits per heavy atom. The zero-order valence-corrected chi connectivity index (χ0v) is 9.75. The maximum atomic E-state index is 2.62. The van der Waals surface area contributed by atoms with E-state index >= 15 is 0 Å². The lowest BCUT2D eigenvalue weighted by Gasteiger charge is -2.43. The van der Waals surface area contributed by atoms with Gasteiger partial charge < -0.3 is 0 Å². The minimum absolute atomic E-state index is 0.926. The van der Waals surface area contributed by atoms with Gasteiger partial charge in [-0.3, -0.25) is 0 Å². The highest BCUT2D eigenvalue weighted by Crippen LogP contribution is 2.58. The lowest BCUT2D eigenvalue weighted by atomic mass is 9.74. The largest absolute Gasteiger partial charge is 0.0845 e. The van der Waals surface area contributed by atoms with Gasteiger partial charge in [0.25, 0.3) is 0 Å². The van der Waals surface area contributed by atoms with Crippen molar-refractivity contribution in [1.82, 2.24) is 0 Å². The summed E-state index contributed by atoms with van der Waals surface area (Å²) in [6.07, 6.45) is 9.02. The molecule has 1 heteroatoms. The minimum atomic E-state index is -0.970. The van der Waals surface area contributed by atoms with Gasteiger partial charge in [0.2, 0.25) is 0 Å². The van der Waals surface area contributed by atoms with Gasteiger partial charge in [-0.1, -0.05) is 43.1 Å². The van der Waals surface area contributed by atoms with E-state index in [1.54, 1.807) is 0 Å². The van der Waals surface area contributed by atoms with Crippen molar-refractivity contribution < 1.29 is 0 Å². The van der Waals surface area contributed by atoms with Crippen LogP contribution in [-0.2, 0) is 0 Å². The molecule has 0 spiro atoms. The van der Waals surface area contributed by atoms with Gasteiger partial charge in [0.15, 0.2) is 0 Å². The third kappa shape index (κ3) is 0.914. The highest BCUT2D eigenvalue weighted by molar-refractivity contribution is 6.83. The summed E-state index contributed by atoms with van der Waals surface area (Å²) < 4.78 is 0. The van der Waals surface area contributed by atoms with E-state index in [1.807, 2.05) is 5.20 Å². The Labute approximate surface area is 81.7 Å². The predicted octanol–water partition coefficient (Wildman–Crippen LogP) is 3.24. The summed E-state index contributed by atoms with van der Waals surface area (Å²) in [6, 6.07) is 0. The van der Waals surface area contributed by atoms with E-state index in [1.165, 1.54) is 6.42 Å². The van der Waals surface area contributed by atoms with Crippen molar-refractivity contribution in [3.63, 3.8) is 0 Å². The van der Waals surface area contributed by atoms with E-state index in [0.29, 0.717) is 0 Å². The molecule has 4 unspecified atom stereocenters. The third-order valence-corrected chi connectivity index (χ3v) is 6.35. The van der Waals surface area contributed by atoms with Crippen molar-refractivity contribution >= 4 is 8.07 Å². The minimum Gasteiger partial charge on any atom is -0.0845 e. The lowest BCUT2D eigenvalue weighted by Crippen LogP contribution is -2.40. The van der Waals surface area contributed by atoms with Crippen LogP contribution in [0.4, 0.5) is 0 Å². The molecule has 3 aliphatic rings. The zero-order valence-electron chi connectivity index (χ0n) is 8.75. The summed E-state index contributed by atoms with van der Waals surface area (Å²) in [4.78, 5) is 0. The summed E-state index contributed by atoms with van der Waals surface area (Å²) in [6.45, 7) is 7.47. The standard InChI is InChI=1S/C12H18Si/c1-13(2,3)11-7-10-8-4-5-9(6-8)12(10)11/h4-5,7-10,12H,6H2,1-3H3.